The molecule has 0 saturated carbocycles. The Bertz CT molecular complexity index is 352. The van der Waals surface area contributed by atoms with Gasteiger partial charge < -0.3 is 10.5 Å². The van der Waals surface area contributed by atoms with E-state index in [1.807, 2.05) is 26.8 Å². The quantitative estimate of drug-likeness (QED) is 0.827. The Balaban J connectivity index is 2.84. The summed E-state index contributed by atoms with van der Waals surface area (Å²) < 4.78 is 19.2. The predicted octanol–water partition coefficient (Wildman–Crippen LogP) is 3.14. The van der Waals surface area contributed by atoms with Crippen LogP contribution in [0.4, 0.5) is 4.39 Å². The maximum atomic E-state index is 13.7. The lowest BCUT2D eigenvalue weighted by molar-refractivity contribution is 0.256. The molecule has 1 unspecified atom stereocenters. The van der Waals surface area contributed by atoms with Crippen LogP contribution >= 0.6 is 0 Å². The van der Waals surface area contributed by atoms with Crippen LogP contribution in [-0.2, 0) is 6.42 Å². The normalized spacial score (nSPS) is 12.8. The van der Waals surface area contributed by atoms with Gasteiger partial charge in [-0.1, -0.05) is 32.9 Å². The lowest BCUT2D eigenvalue weighted by Crippen LogP contribution is -2.22. The smallest absolute Gasteiger partial charge is 0.165 e. The number of nitrogens with two attached hydrogens (primary N) is 1. The highest BCUT2D eigenvalue weighted by molar-refractivity contribution is 5.35. The van der Waals surface area contributed by atoms with Crippen LogP contribution in [0.2, 0.25) is 0 Å². The minimum absolute atomic E-state index is 0.0539. The van der Waals surface area contributed by atoms with Crippen LogP contribution in [-0.4, -0.2) is 12.6 Å². The van der Waals surface area contributed by atoms with Gasteiger partial charge in [-0.2, -0.15) is 0 Å². The fourth-order valence-corrected chi connectivity index (χ4v) is 1.55. The second-order valence-electron chi connectivity index (χ2n) is 4.81. The Hall–Kier alpha value is -1.09. The average Bonchev–Trinajstić information content (AvgIpc) is 2.27. The zero-order chi connectivity index (χ0) is 12.8. The summed E-state index contributed by atoms with van der Waals surface area (Å²) >= 11 is 0. The van der Waals surface area contributed by atoms with Crippen molar-refractivity contribution < 1.29 is 9.13 Å². The molecule has 0 aliphatic rings. The SMILES string of the molecule is CCC(N)Cc1cccc(F)c1OCC(C)C. The number of hydrogen-bond acceptors (Lipinski definition) is 2. The second kappa shape index (κ2) is 6.60. The summed E-state index contributed by atoms with van der Waals surface area (Å²) in [5.41, 5.74) is 6.76. The van der Waals surface area contributed by atoms with E-state index >= 15 is 0 Å². The van der Waals surface area contributed by atoms with Gasteiger partial charge in [-0.15, -0.1) is 0 Å². The third kappa shape index (κ3) is 4.35. The highest BCUT2D eigenvalue weighted by Crippen LogP contribution is 2.24. The van der Waals surface area contributed by atoms with E-state index in [0.717, 1.165) is 12.0 Å². The molecule has 1 aromatic carbocycles. The van der Waals surface area contributed by atoms with E-state index < -0.39 is 0 Å². The molecule has 1 atom stereocenters. The number of benzene rings is 1. The van der Waals surface area contributed by atoms with Crippen molar-refractivity contribution in [2.75, 3.05) is 6.61 Å². The standard InChI is InChI=1S/C14H22FNO/c1-4-12(16)8-11-6-5-7-13(15)14(11)17-9-10(2)3/h5-7,10,12H,4,8-9,16H2,1-3H3. The second-order valence-corrected chi connectivity index (χ2v) is 4.81. The van der Waals surface area contributed by atoms with Gasteiger partial charge in [-0.05, 0) is 30.4 Å². The van der Waals surface area contributed by atoms with Crippen molar-refractivity contribution in [3.8, 4) is 5.75 Å². The Morgan fingerprint density at radius 1 is 1.35 bits per heavy atom. The number of ether oxygens (including phenoxy) is 1. The van der Waals surface area contributed by atoms with E-state index in [2.05, 4.69) is 0 Å². The van der Waals surface area contributed by atoms with Crippen LogP contribution in [0.5, 0.6) is 5.75 Å². The highest BCUT2D eigenvalue weighted by atomic mass is 19.1. The van der Waals surface area contributed by atoms with Crippen LogP contribution < -0.4 is 10.5 Å². The maximum Gasteiger partial charge on any atom is 0.165 e. The maximum absolute atomic E-state index is 13.7. The molecule has 2 N–H and O–H groups in total. The van der Waals surface area contributed by atoms with Crippen LogP contribution in [0, 0.1) is 11.7 Å². The summed E-state index contributed by atoms with van der Waals surface area (Å²) in [6.07, 6.45) is 1.53. The number of hydrogen-bond donors (Lipinski definition) is 1. The van der Waals surface area contributed by atoms with Crippen molar-refractivity contribution in [2.45, 2.75) is 39.7 Å². The molecule has 0 heterocycles. The molecule has 1 aromatic rings. The fourth-order valence-electron chi connectivity index (χ4n) is 1.55. The summed E-state index contributed by atoms with van der Waals surface area (Å²) in [6, 6.07) is 5.07. The van der Waals surface area contributed by atoms with Gasteiger partial charge in [0.2, 0.25) is 0 Å². The molecular formula is C14H22FNO. The molecule has 0 saturated heterocycles. The molecular weight excluding hydrogens is 217 g/mol. The van der Waals surface area contributed by atoms with E-state index in [9.17, 15) is 4.39 Å². The molecule has 2 nitrogen and oxygen atoms in total. The first kappa shape index (κ1) is 14.0. The summed E-state index contributed by atoms with van der Waals surface area (Å²) in [4.78, 5) is 0. The Morgan fingerprint density at radius 3 is 2.65 bits per heavy atom. The van der Waals surface area contributed by atoms with Gasteiger partial charge in [0.05, 0.1) is 6.61 Å². The molecule has 0 spiro atoms. The van der Waals surface area contributed by atoms with Crippen LogP contribution in [0.3, 0.4) is 0 Å². The van der Waals surface area contributed by atoms with Crippen molar-refractivity contribution in [3.63, 3.8) is 0 Å². The summed E-state index contributed by atoms with van der Waals surface area (Å²) in [6.45, 7) is 6.63. The lowest BCUT2D eigenvalue weighted by atomic mass is 10.0. The molecule has 96 valence electrons. The van der Waals surface area contributed by atoms with Crippen LogP contribution in [0.15, 0.2) is 18.2 Å². The van der Waals surface area contributed by atoms with Gasteiger partial charge in [0.25, 0.3) is 0 Å². The van der Waals surface area contributed by atoms with E-state index in [4.69, 9.17) is 10.5 Å². The number of para-hydroxylation sites is 1. The third-order valence-corrected chi connectivity index (χ3v) is 2.62. The predicted molar refractivity (Wildman–Crippen MR) is 68.7 cm³/mol. The van der Waals surface area contributed by atoms with E-state index in [-0.39, 0.29) is 11.9 Å². The molecule has 0 aliphatic carbocycles. The molecule has 0 fully saturated rings. The number of rotatable bonds is 6. The summed E-state index contributed by atoms with van der Waals surface area (Å²) in [5.74, 6) is 0.443. The molecule has 0 amide bonds. The molecule has 1 rings (SSSR count). The topological polar surface area (TPSA) is 35.2 Å². The average molecular weight is 239 g/mol. The van der Waals surface area contributed by atoms with Crippen LogP contribution in [0.25, 0.3) is 0 Å². The minimum atomic E-state index is -0.300. The van der Waals surface area contributed by atoms with Gasteiger partial charge in [-0.3, -0.25) is 0 Å². The first-order valence-corrected chi connectivity index (χ1v) is 6.20. The first-order valence-electron chi connectivity index (χ1n) is 6.20. The summed E-state index contributed by atoms with van der Waals surface area (Å²) in [5, 5.41) is 0. The van der Waals surface area contributed by atoms with Crippen molar-refractivity contribution >= 4 is 0 Å². The van der Waals surface area contributed by atoms with Crippen molar-refractivity contribution in [2.24, 2.45) is 11.7 Å². The van der Waals surface area contributed by atoms with Gasteiger partial charge in [0.1, 0.15) is 0 Å². The monoisotopic (exact) mass is 239 g/mol. The highest BCUT2D eigenvalue weighted by Gasteiger charge is 2.12. The first-order chi connectivity index (χ1) is 8.04. The summed E-state index contributed by atoms with van der Waals surface area (Å²) in [7, 11) is 0. The minimum Gasteiger partial charge on any atom is -0.490 e. The zero-order valence-corrected chi connectivity index (χ0v) is 10.9. The van der Waals surface area contributed by atoms with Gasteiger partial charge in [0.15, 0.2) is 11.6 Å². The van der Waals surface area contributed by atoms with Crippen molar-refractivity contribution in [1.29, 1.82) is 0 Å². The van der Waals surface area contributed by atoms with Gasteiger partial charge >= 0.3 is 0 Å². The van der Waals surface area contributed by atoms with E-state index in [1.165, 1.54) is 6.07 Å². The van der Waals surface area contributed by atoms with Gasteiger partial charge in [0, 0.05) is 6.04 Å². The molecule has 0 radical (unpaired) electrons. The Kier molecular flexibility index (Phi) is 5.42. The van der Waals surface area contributed by atoms with Crippen LogP contribution in [0.1, 0.15) is 32.8 Å². The van der Waals surface area contributed by atoms with Crippen molar-refractivity contribution in [3.05, 3.63) is 29.6 Å². The van der Waals surface area contributed by atoms with E-state index in [0.29, 0.717) is 24.7 Å². The van der Waals surface area contributed by atoms with Crippen molar-refractivity contribution in [1.82, 2.24) is 0 Å². The number of halogens is 1. The van der Waals surface area contributed by atoms with E-state index in [1.54, 1.807) is 6.07 Å². The molecule has 0 aromatic heterocycles. The molecule has 0 bridgehead atoms. The zero-order valence-electron chi connectivity index (χ0n) is 10.9. The Labute approximate surface area is 103 Å². The lowest BCUT2D eigenvalue weighted by Gasteiger charge is -2.16. The largest absolute Gasteiger partial charge is 0.490 e. The van der Waals surface area contributed by atoms with Gasteiger partial charge in [-0.25, -0.2) is 4.39 Å². The fraction of sp³-hybridized carbons (Fsp3) is 0.571. The third-order valence-electron chi connectivity index (χ3n) is 2.62. The Morgan fingerprint density at radius 2 is 2.06 bits per heavy atom. The molecule has 0 aliphatic heterocycles. The molecule has 3 heteroatoms. The molecule has 17 heavy (non-hydrogen) atoms.